The monoisotopic (exact) mass is 389 g/mol. The molecule has 10 nitrogen and oxygen atoms in total. The number of H-pyrrole nitrogens is 1. The predicted octanol–water partition coefficient (Wildman–Crippen LogP) is 2.34. The van der Waals surface area contributed by atoms with E-state index in [1.165, 1.54) is 26.2 Å². The summed E-state index contributed by atoms with van der Waals surface area (Å²) in [6.07, 6.45) is -1.20. The number of carbonyl (C=O) groups excluding carboxylic acids is 3. The second-order valence-electron chi connectivity index (χ2n) is 6.06. The van der Waals surface area contributed by atoms with E-state index in [9.17, 15) is 24.5 Å². The Bertz CT molecular complexity index is 978. The number of Topliss-reactive ketones (excluding diaryl/α,β-unsaturated/α-hetero) is 1. The van der Waals surface area contributed by atoms with E-state index in [0.717, 1.165) is 6.07 Å². The van der Waals surface area contributed by atoms with Crippen molar-refractivity contribution in [3.8, 4) is 0 Å². The SMILES string of the molecule is COC(=O)c1c(C)[nH]c(C(=O)[C@@H](C)OC(=O)c2ccc(N)c([N+](=O)[O-])c2)c1C. The number of aromatic amines is 1. The zero-order valence-corrected chi connectivity index (χ0v) is 15.7. The molecular weight excluding hydrogens is 370 g/mol. The number of nitro groups is 1. The van der Waals surface area contributed by atoms with Crippen molar-refractivity contribution in [2.75, 3.05) is 12.8 Å². The highest BCUT2D eigenvalue weighted by Gasteiger charge is 2.28. The maximum atomic E-state index is 12.6. The fourth-order valence-electron chi connectivity index (χ4n) is 2.72. The smallest absolute Gasteiger partial charge is 0.339 e. The van der Waals surface area contributed by atoms with Gasteiger partial charge in [0.15, 0.2) is 6.10 Å². The number of anilines is 1. The molecular formula is C18H19N3O7. The minimum atomic E-state index is -1.20. The van der Waals surface area contributed by atoms with Crippen molar-refractivity contribution in [1.29, 1.82) is 0 Å². The lowest BCUT2D eigenvalue weighted by atomic mass is 10.1. The Balaban J connectivity index is 2.24. The first-order valence-electron chi connectivity index (χ1n) is 8.15. The van der Waals surface area contributed by atoms with E-state index < -0.39 is 34.4 Å². The molecule has 0 bridgehead atoms. The van der Waals surface area contributed by atoms with E-state index in [1.54, 1.807) is 13.8 Å². The van der Waals surface area contributed by atoms with Crippen LogP contribution in [0.25, 0.3) is 0 Å². The lowest BCUT2D eigenvalue weighted by Gasteiger charge is -2.12. The summed E-state index contributed by atoms with van der Waals surface area (Å²) in [6, 6.07) is 3.46. The molecule has 3 N–H and O–H groups in total. The van der Waals surface area contributed by atoms with E-state index in [4.69, 9.17) is 15.2 Å². The summed E-state index contributed by atoms with van der Waals surface area (Å²) in [7, 11) is 1.23. The zero-order chi connectivity index (χ0) is 21.2. The molecule has 0 saturated carbocycles. The third-order valence-corrected chi connectivity index (χ3v) is 4.19. The number of carbonyl (C=O) groups is 3. The van der Waals surface area contributed by atoms with Gasteiger partial charge in [-0.25, -0.2) is 9.59 Å². The van der Waals surface area contributed by atoms with E-state index in [-0.39, 0.29) is 22.5 Å². The molecule has 10 heteroatoms. The van der Waals surface area contributed by atoms with Gasteiger partial charge in [-0.1, -0.05) is 0 Å². The lowest BCUT2D eigenvalue weighted by molar-refractivity contribution is -0.383. The predicted molar refractivity (Wildman–Crippen MR) is 98.3 cm³/mol. The Labute approximate surface area is 159 Å². The largest absolute Gasteiger partial charge is 0.465 e. The number of ether oxygens (including phenoxy) is 2. The van der Waals surface area contributed by atoms with Crippen molar-refractivity contribution >= 4 is 29.1 Å². The number of nitrogens with zero attached hydrogens (tertiary/aromatic N) is 1. The number of hydrogen-bond donors (Lipinski definition) is 2. The van der Waals surface area contributed by atoms with Gasteiger partial charge in [-0.15, -0.1) is 0 Å². The van der Waals surface area contributed by atoms with Crippen molar-refractivity contribution < 1.29 is 28.8 Å². The maximum absolute atomic E-state index is 12.6. The molecule has 0 spiro atoms. The number of benzene rings is 1. The Hall–Kier alpha value is -3.69. The number of nitrogen functional groups attached to an aromatic ring is 1. The molecule has 0 unspecified atom stereocenters. The van der Waals surface area contributed by atoms with E-state index in [2.05, 4.69) is 4.98 Å². The van der Waals surface area contributed by atoms with Gasteiger partial charge in [0.2, 0.25) is 5.78 Å². The van der Waals surface area contributed by atoms with Gasteiger partial charge in [-0.3, -0.25) is 14.9 Å². The number of aromatic nitrogens is 1. The van der Waals surface area contributed by atoms with Gasteiger partial charge < -0.3 is 20.2 Å². The molecule has 1 aromatic carbocycles. The van der Waals surface area contributed by atoms with Crippen LogP contribution in [0.5, 0.6) is 0 Å². The third-order valence-electron chi connectivity index (χ3n) is 4.19. The average molecular weight is 389 g/mol. The van der Waals surface area contributed by atoms with Gasteiger partial charge in [-0.2, -0.15) is 0 Å². The van der Waals surface area contributed by atoms with Crippen molar-refractivity contribution in [2.45, 2.75) is 26.9 Å². The molecule has 1 aromatic heterocycles. The topological polar surface area (TPSA) is 155 Å². The van der Waals surface area contributed by atoms with Gasteiger partial charge in [0.1, 0.15) is 5.69 Å². The number of hydrogen-bond acceptors (Lipinski definition) is 8. The van der Waals surface area contributed by atoms with Crippen LogP contribution in [0.3, 0.4) is 0 Å². The number of esters is 2. The number of nitrogens with two attached hydrogens (primary N) is 1. The van der Waals surface area contributed by atoms with Crippen molar-refractivity contribution in [1.82, 2.24) is 4.98 Å². The number of rotatable bonds is 6. The number of ketones is 1. The molecule has 0 amide bonds. The van der Waals surface area contributed by atoms with Crippen LogP contribution >= 0.6 is 0 Å². The fraction of sp³-hybridized carbons (Fsp3) is 0.278. The summed E-state index contributed by atoms with van der Waals surface area (Å²) in [5.41, 5.74) is 6.01. The summed E-state index contributed by atoms with van der Waals surface area (Å²) >= 11 is 0. The zero-order valence-electron chi connectivity index (χ0n) is 15.7. The molecule has 0 aliphatic carbocycles. The first-order chi connectivity index (χ1) is 13.1. The Kier molecular flexibility index (Phi) is 5.82. The van der Waals surface area contributed by atoms with Crippen LogP contribution in [0.15, 0.2) is 18.2 Å². The summed E-state index contributed by atoms with van der Waals surface area (Å²) < 4.78 is 9.82. The average Bonchev–Trinajstić information content (AvgIpc) is 2.94. The fourth-order valence-corrected chi connectivity index (χ4v) is 2.72. The normalized spacial score (nSPS) is 11.6. The van der Waals surface area contributed by atoms with Gasteiger partial charge in [0.25, 0.3) is 5.69 Å². The van der Waals surface area contributed by atoms with Crippen LogP contribution in [-0.2, 0) is 9.47 Å². The minimum absolute atomic E-state index is 0.0986. The lowest BCUT2D eigenvalue weighted by Crippen LogP contribution is -2.25. The number of methoxy groups -OCH3 is 1. The highest BCUT2D eigenvalue weighted by molar-refractivity contribution is 6.04. The molecule has 1 atom stereocenters. The van der Waals surface area contributed by atoms with Crippen molar-refractivity contribution in [3.63, 3.8) is 0 Å². The highest BCUT2D eigenvalue weighted by Crippen LogP contribution is 2.24. The molecule has 0 radical (unpaired) electrons. The van der Waals surface area contributed by atoms with E-state index in [0.29, 0.717) is 11.3 Å². The Morgan fingerprint density at radius 1 is 1.21 bits per heavy atom. The number of aryl methyl sites for hydroxylation is 1. The standard InChI is InChI=1S/C18H19N3O7/c1-8-14(18(24)27-4)9(2)20-15(8)16(22)10(3)28-17(23)11-5-6-12(19)13(7-11)21(25)26/h5-7,10,20H,19H2,1-4H3/t10-/m1/s1. The summed E-state index contributed by atoms with van der Waals surface area (Å²) in [5, 5.41) is 10.9. The van der Waals surface area contributed by atoms with Gasteiger partial charge in [-0.05, 0) is 38.5 Å². The van der Waals surface area contributed by atoms with E-state index in [1.807, 2.05) is 0 Å². The molecule has 0 aliphatic heterocycles. The second kappa shape index (κ2) is 7.91. The number of nitrogens with one attached hydrogen (secondary N) is 1. The summed E-state index contributed by atoms with van der Waals surface area (Å²) in [4.78, 5) is 49.8. The minimum Gasteiger partial charge on any atom is -0.465 e. The van der Waals surface area contributed by atoms with Gasteiger partial charge >= 0.3 is 11.9 Å². The summed E-state index contributed by atoms with van der Waals surface area (Å²) in [6.45, 7) is 4.54. The van der Waals surface area contributed by atoms with Gasteiger partial charge in [0.05, 0.1) is 28.9 Å². The Morgan fingerprint density at radius 2 is 1.86 bits per heavy atom. The van der Waals surface area contributed by atoms with Crippen LogP contribution in [-0.4, -0.2) is 40.8 Å². The molecule has 2 rings (SSSR count). The van der Waals surface area contributed by atoms with Crippen LogP contribution in [0, 0.1) is 24.0 Å². The first kappa shape index (κ1) is 20.6. The highest BCUT2D eigenvalue weighted by atomic mass is 16.6. The van der Waals surface area contributed by atoms with Crippen molar-refractivity contribution in [2.24, 2.45) is 0 Å². The third kappa shape index (κ3) is 3.85. The molecule has 1 heterocycles. The van der Waals surface area contributed by atoms with Crippen LogP contribution in [0.2, 0.25) is 0 Å². The number of nitro benzene ring substituents is 1. The maximum Gasteiger partial charge on any atom is 0.339 e. The second-order valence-corrected chi connectivity index (χ2v) is 6.06. The molecule has 148 valence electrons. The van der Waals surface area contributed by atoms with Crippen LogP contribution in [0.1, 0.15) is 49.4 Å². The van der Waals surface area contributed by atoms with Crippen LogP contribution < -0.4 is 5.73 Å². The van der Waals surface area contributed by atoms with E-state index >= 15 is 0 Å². The van der Waals surface area contributed by atoms with Crippen LogP contribution in [0.4, 0.5) is 11.4 Å². The molecule has 0 aliphatic rings. The summed E-state index contributed by atoms with van der Waals surface area (Å²) in [5.74, 6) is -2.07. The molecule has 28 heavy (non-hydrogen) atoms. The molecule has 0 saturated heterocycles. The Morgan fingerprint density at radius 3 is 2.43 bits per heavy atom. The van der Waals surface area contributed by atoms with Crippen molar-refractivity contribution in [3.05, 3.63) is 56.4 Å². The molecule has 0 fully saturated rings. The molecule has 2 aromatic rings. The quantitative estimate of drug-likeness (QED) is 0.251. The van der Waals surface area contributed by atoms with Gasteiger partial charge in [0, 0.05) is 11.8 Å². The first-order valence-corrected chi connectivity index (χ1v) is 8.15.